The van der Waals surface area contributed by atoms with E-state index in [1.54, 1.807) is 12.1 Å². The number of hydrogen-bond donors (Lipinski definition) is 2. The van der Waals surface area contributed by atoms with E-state index >= 15 is 0 Å². The Hall–Kier alpha value is -2.08. The van der Waals surface area contributed by atoms with E-state index in [1.807, 2.05) is 6.92 Å². The number of ether oxygens (including phenoxy) is 1. The van der Waals surface area contributed by atoms with Crippen LogP contribution in [0.2, 0.25) is 0 Å². The van der Waals surface area contributed by atoms with Crippen LogP contribution in [0.1, 0.15) is 22.3 Å². The third-order valence-electron chi connectivity index (χ3n) is 2.66. The van der Waals surface area contributed by atoms with Gasteiger partial charge < -0.3 is 14.9 Å². The number of rotatable bonds is 4. The van der Waals surface area contributed by atoms with Gasteiger partial charge in [-0.15, -0.1) is 11.3 Å². The zero-order valence-electron chi connectivity index (χ0n) is 10.5. The number of phenolic OH excluding ortho intramolecular Hbond substituents is 1. The summed E-state index contributed by atoms with van der Waals surface area (Å²) in [7, 11) is 1.51. The fourth-order valence-electron chi connectivity index (χ4n) is 1.69. The van der Waals surface area contributed by atoms with Gasteiger partial charge in [-0.2, -0.15) is 0 Å². The van der Waals surface area contributed by atoms with Crippen molar-refractivity contribution in [2.45, 2.75) is 13.3 Å². The van der Waals surface area contributed by atoms with Crippen molar-refractivity contribution < 1.29 is 19.7 Å². The van der Waals surface area contributed by atoms with Crippen LogP contribution in [0.4, 0.5) is 0 Å². The number of hydrogen-bond acceptors (Lipinski definition) is 5. The number of nitrogens with zero attached hydrogens (tertiary/aromatic N) is 1. The van der Waals surface area contributed by atoms with E-state index in [1.165, 1.54) is 13.2 Å². The van der Waals surface area contributed by atoms with Crippen molar-refractivity contribution in [1.29, 1.82) is 0 Å². The average molecular weight is 279 g/mol. The third-order valence-corrected chi connectivity index (χ3v) is 3.78. The highest BCUT2D eigenvalue weighted by molar-refractivity contribution is 7.17. The first-order valence-electron chi connectivity index (χ1n) is 5.67. The molecule has 2 N–H and O–H groups in total. The number of thiazole rings is 1. The van der Waals surface area contributed by atoms with Crippen LogP contribution in [0.5, 0.6) is 11.5 Å². The molecular formula is C13H13NO4S. The van der Waals surface area contributed by atoms with Gasteiger partial charge in [0.25, 0.3) is 0 Å². The second-order valence-corrected chi connectivity index (χ2v) is 4.84. The minimum absolute atomic E-state index is 0.0210. The largest absolute Gasteiger partial charge is 0.507 e. The van der Waals surface area contributed by atoms with Crippen LogP contribution in [-0.2, 0) is 6.42 Å². The van der Waals surface area contributed by atoms with Crippen LogP contribution in [0.3, 0.4) is 0 Å². The Balaban J connectivity index is 2.50. The highest BCUT2D eigenvalue weighted by Gasteiger charge is 2.18. The maximum atomic E-state index is 11.1. The topological polar surface area (TPSA) is 79.7 Å². The lowest BCUT2D eigenvalue weighted by molar-refractivity contribution is 0.0701. The molecule has 0 saturated heterocycles. The van der Waals surface area contributed by atoms with Crippen LogP contribution >= 0.6 is 11.3 Å². The molecule has 100 valence electrons. The van der Waals surface area contributed by atoms with E-state index in [0.717, 1.165) is 11.3 Å². The summed E-state index contributed by atoms with van der Waals surface area (Å²) >= 11 is 1.06. The molecule has 2 aromatic rings. The smallest absolute Gasteiger partial charge is 0.347 e. The van der Waals surface area contributed by atoms with Gasteiger partial charge in [0.05, 0.1) is 18.4 Å². The number of aryl methyl sites for hydroxylation is 1. The first-order valence-corrected chi connectivity index (χ1v) is 6.48. The fourth-order valence-corrected chi connectivity index (χ4v) is 2.72. The zero-order chi connectivity index (χ0) is 14.0. The quantitative estimate of drug-likeness (QED) is 0.899. The van der Waals surface area contributed by atoms with E-state index < -0.39 is 5.97 Å². The van der Waals surface area contributed by atoms with E-state index in [9.17, 15) is 9.90 Å². The lowest BCUT2D eigenvalue weighted by Crippen LogP contribution is -1.97. The van der Waals surface area contributed by atoms with Gasteiger partial charge in [0, 0.05) is 6.07 Å². The lowest BCUT2D eigenvalue weighted by atomic mass is 10.2. The molecule has 0 saturated carbocycles. The summed E-state index contributed by atoms with van der Waals surface area (Å²) in [6.45, 7) is 1.85. The van der Waals surface area contributed by atoms with Crippen molar-refractivity contribution in [3.8, 4) is 22.1 Å². The number of carbonyl (C=O) groups is 1. The predicted octanol–water partition coefficient (Wildman–Crippen LogP) is 2.78. The first kappa shape index (κ1) is 13.4. The second kappa shape index (κ2) is 5.27. The van der Waals surface area contributed by atoms with Crippen molar-refractivity contribution >= 4 is 17.3 Å². The summed E-state index contributed by atoms with van der Waals surface area (Å²) < 4.78 is 5.00. The van der Waals surface area contributed by atoms with Crippen molar-refractivity contribution in [1.82, 2.24) is 4.98 Å². The van der Waals surface area contributed by atoms with Gasteiger partial charge in [0.15, 0.2) is 0 Å². The highest BCUT2D eigenvalue weighted by atomic mass is 32.1. The number of benzene rings is 1. The normalized spacial score (nSPS) is 10.4. The van der Waals surface area contributed by atoms with Gasteiger partial charge in [-0.05, 0) is 18.6 Å². The minimum atomic E-state index is -0.992. The predicted molar refractivity (Wildman–Crippen MR) is 72.1 cm³/mol. The van der Waals surface area contributed by atoms with E-state index in [2.05, 4.69) is 4.98 Å². The fraction of sp³-hybridized carbons (Fsp3) is 0.231. The molecule has 0 atom stereocenters. The number of aromatic nitrogens is 1. The summed E-state index contributed by atoms with van der Waals surface area (Å²) in [6.07, 6.45) is 0.537. The van der Waals surface area contributed by atoms with E-state index in [0.29, 0.717) is 28.4 Å². The minimum Gasteiger partial charge on any atom is -0.507 e. The monoisotopic (exact) mass is 279 g/mol. The van der Waals surface area contributed by atoms with Crippen molar-refractivity contribution in [3.63, 3.8) is 0 Å². The Morgan fingerprint density at radius 2 is 2.21 bits per heavy atom. The summed E-state index contributed by atoms with van der Waals surface area (Å²) in [4.78, 5) is 15.6. The summed E-state index contributed by atoms with van der Waals surface area (Å²) in [5, 5.41) is 19.5. The molecule has 6 heteroatoms. The maximum absolute atomic E-state index is 11.1. The molecule has 0 bridgehead atoms. The van der Waals surface area contributed by atoms with Crippen LogP contribution < -0.4 is 4.74 Å². The van der Waals surface area contributed by atoms with Gasteiger partial charge in [0.1, 0.15) is 21.4 Å². The number of aromatic hydroxyl groups is 1. The second-order valence-electron chi connectivity index (χ2n) is 3.84. The number of methoxy groups -OCH3 is 1. The van der Waals surface area contributed by atoms with Gasteiger partial charge in [0.2, 0.25) is 0 Å². The van der Waals surface area contributed by atoms with Crippen LogP contribution in [0.25, 0.3) is 10.6 Å². The SMILES string of the molecule is CCc1nc(-c2ccc(OC)cc2O)sc1C(=O)O. The number of aromatic carboxylic acids is 1. The Labute approximate surface area is 114 Å². The van der Waals surface area contributed by atoms with Crippen LogP contribution in [0, 0.1) is 0 Å². The molecule has 2 rings (SSSR count). The Morgan fingerprint density at radius 3 is 2.68 bits per heavy atom. The summed E-state index contributed by atoms with van der Waals surface area (Å²) in [5.41, 5.74) is 1.04. The van der Waals surface area contributed by atoms with Crippen LogP contribution in [-0.4, -0.2) is 28.3 Å². The molecule has 0 aliphatic rings. The van der Waals surface area contributed by atoms with E-state index in [4.69, 9.17) is 9.84 Å². The molecule has 0 amide bonds. The standard InChI is InChI=1S/C13H13NO4S/c1-3-9-11(13(16)17)19-12(14-9)8-5-4-7(18-2)6-10(8)15/h4-6,15H,3H2,1-2H3,(H,16,17). The molecule has 0 aliphatic heterocycles. The van der Waals surface area contributed by atoms with Crippen molar-refractivity contribution in [2.75, 3.05) is 7.11 Å². The number of carboxylic acids is 1. The van der Waals surface area contributed by atoms with Crippen LogP contribution in [0.15, 0.2) is 18.2 Å². The summed E-state index contributed by atoms with van der Waals surface area (Å²) in [5.74, 6) is -0.437. The molecule has 5 nitrogen and oxygen atoms in total. The maximum Gasteiger partial charge on any atom is 0.347 e. The van der Waals surface area contributed by atoms with Gasteiger partial charge in [-0.1, -0.05) is 6.92 Å². The molecule has 1 heterocycles. The number of carboxylic acid groups (broad SMARTS) is 1. The van der Waals surface area contributed by atoms with E-state index in [-0.39, 0.29) is 10.6 Å². The highest BCUT2D eigenvalue weighted by Crippen LogP contribution is 2.36. The van der Waals surface area contributed by atoms with Gasteiger partial charge >= 0.3 is 5.97 Å². The van der Waals surface area contributed by atoms with Gasteiger partial charge in [-0.25, -0.2) is 9.78 Å². The summed E-state index contributed by atoms with van der Waals surface area (Å²) in [6, 6.07) is 4.84. The lowest BCUT2D eigenvalue weighted by Gasteiger charge is -2.03. The van der Waals surface area contributed by atoms with Crippen molar-refractivity contribution in [3.05, 3.63) is 28.8 Å². The molecule has 0 aliphatic carbocycles. The molecular weight excluding hydrogens is 266 g/mol. The van der Waals surface area contributed by atoms with Gasteiger partial charge in [-0.3, -0.25) is 0 Å². The molecule has 1 aromatic carbocycles. The molecule has 0 unspecified atom stereocenters. The molecule has 19 heavy (non-hydrogen) atoms. The third kappa shape index (κ3) is 2.53. The zero-order valence-corrected chi connectivity index (χ0v) is 11.3. The first-order chi connectivity index (χ1) is 9.06. The average Bonchev–Trinajstić information content (AvgIpc) is 2.82. The Kier molecular flexibility index (Phi) is 3.71. The molecule has 0 spiro atoms. The van der Waals surface area contributed by atoms with Crippen molar-refractivity contribution in [2.24, 2.45) is 0 Å². The number of phenols is 1. The Morgan fingerprint density at radius 1 is 1.47 bits per heavy atom. The molecule has 0 radical (unpaired) electrons. The molecule has 1 aromatic heterocycles. The molecule has 0 fully saturated rings. The Bertz CT molecular complexity index is 621.